The van der Waals surface area contributed by atoms with Crippen molar-refractivity contribution in [3.63, 3.8) is 0 Å². The molecule has 1 aromatic heterocycles. The molecule has 0 aliphatic rings. The van der Waals surface area contributed by atoms with Crippen molar-refractivity contribution in [3.05, 3.63) is 53.6 Å². The van der Waals surface area contributed by atoms with Crippen molar-refractivity contribution in [1.29, 1.82) is 0 Å². The van der Waals surface area contributed by atoms with Gasteiger partial charge in [-0.05, 0) is 38.1 Å². The van der Waals surface area contributed by atoms with Crippen molar-refractivity contribution in [1.82, 2.24) is 15.1 Å². The molecule has 3 nitrogen and oxygen atoms in total. The molecule has 1 N–H and O–H groups in total. The molecule has 0 fully saturated rings. The Morgan fingerprint density at radius 3 is 2.89 bits per heavy atom. The molecule has 1 unspecified atom stereocenters. The SMILES string of the molecule is CCn1cc(C(Cc2cccc(F)c2)NC)cn1. The third-order valence-corrected chi connectivity index (χ3v) is 3.06. The second-order valence-corrected chi connectivity index (χ2v) is 4.30. The number of likely N-dealkylation sites (N-methyl/N-ethyl adjacent to an activating group) is 1. The van der Waals surface area contributed by atoms with Crippen LogP contribution in [-0.2, 0) is 13.0 Å². The maximum atomic E-state index is 13.1. The first-order valence-corrected chi connectivity index (χ1v) is 6.17. The average molecular weight is 247 g/mol. The van der Waals surface area contributed by atoms with Gasteiger partial charge in [0.2, 0.25) is 0 Å². The van der Waals surface area contributed by atoms with Crippen molar-refractivity contribution in [2.75, 3.05) is 7.05 Å². The lowest BCUT2D eigenvalue weighted by Gasteiger charge is -2.14. The van der Waals surface area contributed by atoms with Gasteiger partial charge < -0.3 is 5.32 Å². The van der Waals surface area contributed by atoms with Crippen LogP contribution in [0.3, 0.4) is 0 Å². The molecule has 0 spiro atoms. The number of nitrogens with zero attached hydrogens (tertiary/aromatic N) is 2. The Kier molecular flexibility index (Phi) is 4.10. The molecule has 0 amide bonds. The van der Waals surface area contributed by atoms with E-state index in [0.717, 1.165) is 24.1 Å². The molecule has 0 aliphatic carbocycles. The number of halogens is 1. The van der Waals surface area contributed by atoms with E-state index in [0.29, 0.717) is 0 Å². The molecule has 1 aromatic carbocycles. The maximum absolute atomic E-state index is 13.1. The predicted octanol–water partition coefficient (Wildman–Crippen LogP) is 2.55. The van der Waals surface area contributed by atoms with Crippen LogP contribution in [0.15, 0.2) is 36.7 Å². The summed E-state index contributed by atoms with van der Waals surface area (Å²) in [6, 6.07) is 6.89. The van der Waals surface area contributed by atoms with Crippen LogP contribution >= 0.6 is 0 Å². The van der Waals surface area contributed by atoms with Crippen molar-refractivity contribution < 1.29 is 4.39 Å². The van der Waals surface area contributed by atoms with Crippen molar-refractivity contribution in [3.8, 4) is 0 Å². The number of hydrogen-bond donors (Lipinski definition) is 1. The Balaban J connectivity index is 2.14. The number of nitrogens with one attached hydrogen (secondary N) is 1. The normalized spacial score (nSPS) is 12.6. The molecule has 96 valence electrons. The Morgan fingerprint density at radius 1 is 1.44 bits per heavy atom. The molecule has 0 bridgehead atoms. The molecular weight excluding hydrogens is 229 g/mol. The standard InChI is InChI=1S/C14H18FN3/c1-3-18-10-12(9-17-18)14(16-2)8-11-5-4-6-13(15)7-11/h4-7,9-10,14,16H,3,8H2,1-2H3. The number of hydrogen-bond acceptors (Lipinski definition) is 2. The summed E-state index contributed by atoms with van der Waals surface area (Å²) in [5.74, 6) is -0.188. The Hall–Kier alpha value is -1.68. The lowest BCUT2D eigenvalue weighted by Crippen LogP contribution is -2.18. The zero-order chi connectivity index (χ0) is 13.0. The highest BCUT2D eigenvalue weighted by molar-refractivity contribution is 5.21. The predicted molar refractivity (Wildman–Crippen MR) is 69.8 cm³/mol. The zero-order valence-corrected chi connectivity index (χ0v) is 10.7. The van der Waals surface area contributed by atoms with Gasteiger partial charge in [0.1, 0.15) is 5.82 Å². The molecule has 2 rings (SSSR count). The molecule has 1 atom stereocenters. The van der Waals surface area contributed by atoms with Gasteiger partial charge in [0.15, 0.2) is 0 Å². The van der Waals surface area contributed by atoms with Gasteiger partial charge in [-0.3, -0.25) is 4.68 Å². The summed E-state index contributed by atoms with van der Waals surface area (Å²) in [7, 11) is 1.91. The molecule has 18 heavy (non-hydrogen) atoms. The second-order valence-electron chi connectivity index (χ2n) is 4.30. The first kappa shape index (κ1) is 12.8. The van der Waals surface area contributed by atoms with Crippen LogP contribution in [0.1, 0.15) is 24.1 Å². The zero-order valence-electron chi connectivity index (χ0n) is 10.7. The van der Waals surface area contributed by atoms with Gasteiger partial charge in [0.25, 0.3) is 0 Å². The van der Waals surface area contributed by atoms with E-state index >= 15 is 0 Å². The molecule has 4 heteroatoms. The monoisotopic (exact) mass is 247 g/mol. The van der Waals surface area contributed by atoms with Crippen LogP contribution in [0.25, 0.3) is 0 Å². The van der Waals surface area contributed by atoms with Gasteiger partial charge in [-0.15, -0.1) is 0 Å². The van der Waals surface area contributed by atoms with Gasteiger partial charge in [-0.1, -0.05) is 12.1 Å². The summed E-state index contributed by atoms with van der Waals surface area (Å²) in [6.45, 7) is 2.91. The van der Waals surface area contributed by atoms with Gasteiger partial charge in [0.05, 0.1) is 6.20 Å². The summed E-state index contributed by atoms with van der Waals surface area (Å²) in [5, 5.41) is 7.51. The van der Waals surface area contributed by atoms with Gasteiger partial charge >= 0.3 is 0 Å². The Bertz CT molecular complexity index is 507. The fourth-order valence-corrected chi connectivity index (χ4v) is 2.02. The number of benzene rings is 1. The van der Waals surface area contributed by atoms with Gasteiger partial charge in [-0.25, -0.2) is 4.39 Å². The molecule has 0 radical (unpaired) electrons. The molecule has 0 saturated carbocycles. The van der Waals surface area contributed by atoms with E-state index in [1.165, 1.54) is 6.07 Å². The van der Waals surface area contributed by atoms with E-state index in [4.69, 9.17) is 0 Å². The lowest BCUT2D eigenvalue weighted by molar-refractivity contribution is 0.582. The second kappa shape index (κ2) is 5.78. The summed E-state index contributed by atoms with van der Waals surface area (Å²) in [5.41, 5.74) is 2.11. The van der Waals surface area contributed by atoms with Crippen LogP contribution in [-0.4, -0.2) is 16.8 Å². The molecule has 1 heterocycles. The highest BCUT2D eigenvalue weighted by Crippen LogP contribution is 2.18. The molecule has 0 saturated heterocycles. The summed E-state index contributed by atoms with van der Waals surface area (Å²) in [4.78, 5) is 0. The Labute approximate surface area is 107 Å². The van der Waals surface area contributed by atoms with Gasteiger partial charge in [-0.2, -0.15) is 5.10 Å². The van der Waals surface area contributed by atoms with Crippen LogP contribution in [0, 0.1) is 5.82 Å². The first-order valence-electron chi connectivity index (χ1n) is 6.17. The third kappa shape index (κ3) is 2.96. The third-order valence-electron chi connectivity index (χ3n) is 3.06. The lowest BCUT2D eigenvalue weighted by atomic mass is 10.0. The van der Waals surface area contributed by atoms with Crippen LogP contribution in [0.2, 0.25) is 0 Å². The van der Waals surface area contributed by atoms with E-state index in [-0.39, 0.29) is 11.9 Å². The van der Waals surface area contributed by atoms with Crippen LogP contribution in [0.5, 0.6) is 0 Å². The minimum absolute atomic E-state index is 0.159. The van der Waals surface area contributed by atoms with Crippen molar-refractivity contribution in [2.45, 2.75) is 25.9 Å². The number of aromatic nitrogens is 2. The minimum atomic E-state index is -0.188. The number of aryl methyl sites for hydroxylation is 1. The molecule has 0 aliphatic heterocycles. The fourth-order valence-electron chi connectivity index (χ4n) is 2.02. The van der Waals surface area contributed by atoms with Crippen molar-refractivity contribution >= 4 is 0 Å². The molecular formula is C14H18FN3. The van der Waals surface area contributed by atoms with Gasteiger partial charge in [0, 0.05) is 24.3 Å². The van der Waals surface area contributed by atoms with E-state index in [1.807, 2.05) is 30.2 Å². The smallest absolute Gasteiger partial charge is 0.123 e. The highest BCUT2D eigenvalue weighted by Gasteiger charge is 2.12. The van der Waals surface area contributed by atoms with Crippen LogP contribution < -0.4 is 5.32 Å². The highest BCUT2D eigenvalue weighted by atomic mass is 19.1. The largest absolute Gasteiger partial charge is 0.313 e. The Morgan fingerprint density at radius 2 is 2.28 bits per heavy atom. The van der Waals surface area contributed by atoms with Crippen LogP contribution in [0.4, 0.5) is 4.39 Å². The first-order chi connectivity index (χ1) is 8.72. The van der Waals surface area contributed by atoms with E-state index in [1.54, 1.807) is 12.1 Å². The minimum Gasteiger partial charge on any atom is -0.313 e. The average Bonchev–Trinajstić information content (AvgIpc) is 2.84. The summed E-state index contributed by atoms with van der Waals surface area (Å²) >= 11 is 0. The maximum Gasteiger partial charge on any atom is 0.123 e. The molecule has 2 aromatic rings. The topological polar surface area (TPSA) is 29.9 Å². The number of rotatable bonds is 5. The quantitative estimate of drug-likeness (QED) is 0.880. The van der Waals surface area contributed by atoms with E-state index < -0.39 is 0 Å². The summed E-state index contributed by atoms with van der Waals surface area (Å²) in [6.07, 6.45) is 4.65. The van der Waals surface area contributed by atoms with E-state index in [2.05, 4.69) is 17.3 Å². The van der Waals surface area contributed by atoms with Crippen molar-refractivity contribution in [2.24, 2.45) is 0 Å². The summed E-state index contributed by atoms with van der Waals surface area (Å²) < 4.78 is 15.0. The van der Waals surface area contributed by atoms with E-state index in [9.17, 15) is 4.39 Å². The fraction of sp³-hybridized carbons (Fsp3) is 0.357.